The number of carbonyl (C=O) groups is 2. The monoisotopic (exact) mass is 332 g/mol. The molecular weight excluding hydrogens is 308 g/mol. The Hall–Kier alpha value is -0.806. The van der Waals surface area contributed by atoms with Crippen LogP contribution in [-0.4, -0.2) is 52.4 Å². The van der Waals surface area contributed by atoms with Gasteiger partial charge in [-0.2, -0.15) is 0 Å². The normalized spacial score (nSPS) is 16.0. The lowest BCUT2D eigenvalue weighted by atomic mass is 9.98. The Morgan fingerprint density at radius 2 is 1.90 bits per heavy atom. The number of esters is 2. The standard InChI is InChI=1S/C13H24O6Si2/c1-7-10(20-19-21(4,5)6)13(17,8-14)12(16)18-11(15)9(2)3/h10,14,17H,2,7-8H2,1,3-6H3. The molecule has 0 heterocycles. The summed E-state index contributed by atoms with van der Waals surface area (Å²) in [4.78, 5) is 23.4. The molecule has 0 aliphatic heterocycles. The molecule has 0 bridgehead atoms. The molecule has 0 aromatic rings. The molecular formula is C13H24O6Si2. The van der Waals surface area contributed by atoms with E-state index in [-0.39, 0.29) is 15.3 Å². The van der Waals surface area contributed by atoms with E-state index in [9.17, 15) is 19.8 Å². The molecule has 0 saturated heterocycles. The molecule has 6 nitrogen and oxygen atoms in total. The second kappa shape index (κ2) is 7.99. The highest BCUT2D eigenvalue weighted by molar-refractivity contribution is 6.74. The van der Waals surface area contributed by atoms with E-state index in [0.717, 1.165) is 0 Å². The van der Waals surface area contributed by atoms with Crippen LogP contribution in [0.3, 0.4) is 0 Å². The molecule has 2 radical (unpaired) electrons. The van der Waals surface area contributed by atoms with Gasteiger partial charge in [0.15, 0.2) is 13.9 Å². The van der Waals surface area contributed by atoms with E-state index in [2.05, 4.69) is 11.3 Å². The van der Waals surface area contributed by atoms with Gasteiger partial charge in [-0.15, -0.1) is 0 Å². The van der Waals surface area contributed by atoms with Crippen molar-refractivity contribution in [3.63, 3.8) is 0 Å². The summed E-state index contributed by atoms with van der Waals surface area (Å²) in [7, 11) is -1.99. The SMILES string of the molecule is C=C(C)C(=O)OC(=O)C(O)(CO)C(CC)[Si]O[Si](C)(C)C. The number of carbonyl (C=O) groups excluding carboxylic acids is 2. The quantitative estimate of drug-likeness (QED) is 0.298. The predicted octanol–water partition coefficient (Wildman–Crippen LogP) is 1.02. The molecule has 120 valence electrons. The summed E-state index contributed by atoms with van der Waals surface area (Å²) in [5, 5.41) is 19.8. The highest BCUT2D eigenvalue weighted by Gasteiger charge is 2.46. The zero-order valence-corrected chi connectivity index (χ0v) is 15.2. The van der Waals surface area contributed by atoms with Crippen LogP contribution in [0.25, 0.3) is 0 Å². The smallest absolute Gasteiger partial charge is 0.348 e. The van der Waals surface area contributed by atoms with Crippen LogP contribution in [0.2, 0.25) is 25.2 Å². The van der Waals surface area contributed by atoms with Crippen LogP contribution < -0.4 is 0 Å². The van der Waals surface area contributed by atoms with Crippen LogP contribution >= 0.6 is 0 Å². The lowest BCUT2D eigenvalue weighted by molar-refractivity contribution is -0.176. The van der Waals surface area contributed by atoms with Crippen molar-refractivity contribution < 1.29 is 28.7 Å². The van der Waals surface area contributed by atoms with Gasteiger partial charge >= 0.3 is 11.9 Å². The number of rotatable bonds is 8. The molecule has 0 fully saturated rings. The van der Waals surface area contributed by atoms with Crippen LogP contribution in [0, 0.1) is 0 Å². The van der Waals surface area contributed by atoms with Crippen LogP contribution in [-0.2, 0) is 18.4 Å². The summed E-state index contributed by atoms with van der Waals surface area (Å²) in [5.41, 5.74) is -2.75. The van der Waals surface area contributed by atoms with Crippen molar-refractivity contribution in [2.24, 2.45) is 0 Å². The summed E-state index contributed by atoms with van der Waals surface area (Å²) in [5.74, 6) is -2.09. The third-order valence-corrected chi connectivity index (χ3v) is 6.71. The first-order valence-electron chi connectivity index (χ1n) is 6.66. The largest absolute Gasteiger partial charge is 0.456 e. The molecule has 0 aliphatic carbocycles. The lowest BCUT2D eigenvalue weighted by Crippen LogP contribution is -2.51. The highest BCUT2D eigenvalue weighted by Crippen LogP contribution is 2.28. The van der Waals surface area contributed by atoms with E-state index < -0.39 is 38.0 Å². The topological polar surface area (TPSA) is 93.1 Å². The van der Waals surface area contributed by atoms with Crippen LogP contribution in [0.1, 0.15) is 20.3 Å². The van der Waals surface area contributed by atoms with Crippen molar-refractivity contribution in [1.82, 2.24) is 0 Å². The van der Waals surface area contributed by atoms with E-state index in [4.69, 9.17) is 4.12 Å². The third kappa shape index (κ3) is 6.22. The molecule has 2 unspecified atom stereocenters. The summed E-state index contributed by atoms with van der Waals surface area (Å²) in [6, 6.07) is 0. The van der Waals surface area contributed by atoms with Crippen molar-refractivity contribution in [3.8, 4) is 0 Å². The van der Waals surface area contributed by atoms with E-state index in [0.29, 0.717) is 6.42 Å². The van der Waals surface area contributed by atoms with E-state index in [1.54, 1.807) is 6.92 Å². The number of aliphatic hydroxyl groups is 2. The first-order valence-corrected chi connectivity index (χ1v) is 11.1. The zero-order chi connectivity index (χ0) is 16.8. The first kappa shape index (κ1) is 20.2. The van der Waals surface area contributed by atoms with Crippen molar-refractivity contribution in [1.29, 1.82) is 0 Å². The maximum atomic E-state index is 12.0. The summed E-state index contributed by atoms with van der Waals surface area (Å²) in [6.07, 6.45) is 0.399. The Morgan fingerprint density at radius 3 is 2.24 bits per heavy atom. The highest BCUT2D eigenvalue weighted by atomic mass is 28.4. The average Bonchev–Trinajstić information content (AvgIpc) is 2.37. The van der Waals surface area contributed by atoms with Gasteiger partial charge in [0.25, 0.3) is 0 Å². The molecule has 0 spiro atoms. The second-order valence-electron chi connectivity index (χ2n) is 5.83. The van der Waals surface area contributed by atoms with E-state index >= 15 is 0 Å². The van der Waals surface area contributed by atoms with Gasteiger partial charge in [0, 0.05) is 11.1 Å². The summed E-state index contributed by atoms with van der Waals surface area (Å²) >= 11 is 0. The first-order chi connectivity index (χ1) is 9.47. The van der Waals surface area contributed by atoms with E-state index in [1.165, 1.54) is 6.92 Å². The van der Waals surface area contributed by atoms with Crippen molar-refractivity contribution >= 4 is 30.0 Å². The molecule has 2 N–H and O–H groups in total. The molecule has 2 atom stereocenters. The van der Waals surface area contributed by atoms with Gasteiger partial charge < -0.3 is 19.1 Å². The lowest BCUT2D eigenvalue weighted by Gasteiger charge is -2.32. The van der Waals surface area contributed by atoms with Gasteiger partial charge in [-0.1, -0.05) is 19.9 Å². The number of aliphatic hydroxyl groups excluding tert-OH is 1. The minimum Gasteiger partial charge on any atom is -0.456 e. The van der Waals surface area contributed by atoms with Gasteiger partial charge in [0.05, 0.1) is 6.61 Å². The number of hydrogen-bond donors (Lipinski definition) is 2. The molecule has 0 saturated carbocycles. The van der Waals surface area contributed by atoms with Crippen molar-refractivity contribution in [2.75, 3.05) is 6.61 Å². The fourth-order valence-electron chi connectivity index (χ4n) is 1.34. The van der Waals surface area contributed by atoms with Gasteiger partial charge in [-0.25, -0.2) is 9.59 Å². The van der Waals surface area contributed by atoms with Gasteiger partial charge in [-0.3, -0.25) is 0 Å². The maximum absolute atomic E-state index is 12.0. The summed E-state index contributed by atoms with van der Waals surface area (Å²) < 4.78 is 10.3. The minimum absolute atomic E-state index is 0.0393. The molecule has 21 heavy (non-hydrogen) atoms. The molecule has 0 aromatic heterocycles. The molecule has 0 aromatic carbocycles. The van der Waals surface area contributed by atoms with Gasteiger partial charge in [0.2, 0.25) is 9.76 Å². The Balaban J connectivity index is 5.06. The third-order valence-electron chi connectivity index (χ3n) is 2.62. The van der Waals surface area contributed by atoms with Gasteiger partial charge in [0.1, 0.15) is 0 Å². The fraction of sp³-hybridized carbons (Fsp3) is 0.692. The fourth-order valence-corrected chi connectivity index (χ4v) is 3.90. The number of ether oxygens (including phenoxy) is 1. The zero-order valence-electron chi connectivity index (χ0n) is 13.2. The van der Waals surface area contributed by atoms with Crippen molar-refractivity contribution in [3.05, 3.63) is 12.2 Å². The van der Waals surface area contributed by atoms with Crippen LogP contribution in [0.15, 0.2) is 12.2 Å². The Kier molecular flexibility index (Phi) is 7.69. The molecule has 8 heteroatoms. The minimum atomic E-state index is -2.15. The molecule has 0 amide bonds. The second-order valence-corrected chi connectivity index (χ2v) is 11.8. The average molecular weight is 333 g/mol. The van der Waals surface area contributed by atoms with Crippen molar-refractivity contribution in [2.45, 2.75) is 51.1 Å². The van der Waals surface area contributed by atoms with Gasteiger partial charge in [-0.05, 0) is 26.6 Å². The predicted molar refractivity (Wildman–Crippen MR) is 82.2 cm³/mol. The van der Waals surface area contributed by atoms with E-state index in [1.807, 2.05) is 19.6 Å². The Morgan fingerprint density at radius 1 is 1.38 bits per heavy atom. The Labute approximate surface area is 129 Å². The summed E-state index contributed by atoms with van der Waals surface area (Å²) in [6.45, 7) is 11.6. The molecule has 0 aliphatic rings. The maximum Gasteiger partial charge on any atom is 0.348 e. The Bertz CT molecular complexity index is 404. The van der Waals surface area contributed by atoms with Crippen LogP contribution in [0.4, 0.5) is 0 Å². The van der Waals surface area contributed by atoms with Crippen LogP contribution in [0.5, 0.6) is 0 Å². The number of hydrogen-bond acceptors (Lipinski definition) is 6. The molecule has 0 rings (SSSR count).